The molecule has 0 radical (unpaired) electrons. The molecule has 19 heavy (non-hydrogen) atoms. The van der Waals surface area contributed by atoms with Crippen molar-refractivity contribution in [3.05, 3.63) is 30.3 Å². The summed E-state index contributed by atoms with van der Waals surface area (Å²) in [5.41, 5.74) is 4.11. The zero-order valence-electron chi connectivity index (χ0n) is 12.4. The van der Waals surface area contributed by atoms with E-state index < -0.39 is 0 Å². The molecule has 0 fully saturated rings. The fraction of sp³-hybridized carbons (Fsp3) is 0.500. The minimum atomic E-state index is -0.0416. The molecule has 1 aromatic rings. The number of amides is 1. The number of hydrogen-bond donors (Lipinski definition) is 2. The van der Waals surface area contributed by atoms with Crippen LogP contribution in [0.5, 0.6) is 0 Å². The van der Waals surface area contributed by atoms with Gasteiger partial charge in [0.05, 0.1) is 20.6 Å². The minimum Gasteiger partial charge on any atom is -0.263 e. The molecule has 5 nitrogen and oxygen atoms in total. The van der Waals surface area contributed by atoms with Crippen molar-refractivity contribution in [1.82, 2.24) is 10.0 Å². The molecule has 0 heterocycles. The van der Waals surface area contributed by atoms with Gasteiger partial charge in [0, 0.05) is 12.1 Å². The van der Waals surface area contributed by atoms with Crippen LogP contribution in [0.25, 0.3) is 0 Å². The predicted octanol–water partition coefficient (Wildman–Crippen LogP) is 1.02. The van der Waals surface area contributed by atoms with Crippen LogP contribution in [0.3, 0.4) is 0 Å². The first kappa shape index (κ1) is 15.6. The second-order valence-corrected chi connectivity index (χ2v) is 5.33. The molecule has 2 atom stereocenters. The molecule has 1 rings (SSSR count). The van der Waals surface area contributed by atoms with E-state index in [9.17, 15) is 4.79 Å². The van der Waals surface area contributed by atoms with Gasteiger partial charge < -0.3 is 0 Å². The Labute approximate surface area is 115 Å². The molecule has 0 saturated heterocycles. The summed E-state index contributed by atoms with van der Waals surface area (Å²) < 4.78 is 0.577. The van der Waals surface area contributed by atoms with Crippen LogP contribution in [0.4, 0.5) is 5.69 Å². The number of nitrogens with one attached hydrogen (secondary N) is 1. The van der Waals surface area contributed by atoms with Crippen molar-refractivity contribution in [3.8, 4) is 0 Å². The highest BCUT2D eigenvalue weighted by molar-refractivity contribution is 5.78. The monoisotopic (exact) mass is 266 g/mol. The molecule has 0 spiro atoms. The van der Waals surface area contributed by atoms with Crippen LogP contribution in [0.15, 0.2) is 30.3 Å². The van der Waals surface area contributed by atoms with Crippen LogP contribution in [-0.2, 0) is 4.79 Å². The molecular formula is C14H26N4O+2. The summed E-state index contributed by atoms with van der Waals surface area (Å²) in [6, 6.07) is 9.95. The van der Waals surface area contributed by atoms with E-state index in [4.69, 9.17) is 5.84 Å². The Bertz CT molecular complexity index is 419. The Morgan fingerprint density at radius 3 is 2.21 bits per heavy atom. The second-order valence-electron chi connectivity index (χ2n) is 5.33. The van der Waals surface area contributed by atoms with Gasteiger partial charge in [-0.05, 0) is 13.8 Å². The van der Waals surface area contributed by atoms with Gasteiger partial charge in [0.2, 0.25) is 0 Å². The molecule has 0 aliphatic heterocycles. The van der Waals surface area contributed by atoms with E-state index in [1.165, 1.54) is 0 Å². The van der Waals surface area contributed by atoms with Crippen LogP contribution in [0, 0.1) is 0 Å². The topological polar surface area (TPSA) is 55.1 Å². The average molecular weight is 266 g/mol. The van der Waals surface area contributed by atoms with Crippen molar-refractivity contribution in [2.75, 3.05) is 33.7 Å². The highest BCUT2D eigenvalue weighted by Gasteiger charge is 2.29. The van der Waals surface area contributed by atoms with Crippen LogP contribution < -0.4 is 15.9 Å². The number of nitrogens with two attached hydrogens (primary N) is 1. The van der Waals surface area contributed by atoms with Gasteiger partial charge in [0.1, 0.15) is 6.54 Å². The molecule has 0 aromatic heterocycles. The highest BCUT2D eigenvalue weighted by atomic mass is 16.2. The summed E-state index contributed by atoms with van der Waals surface area (Å²) in [6.45, 7) is 5.78. The number of hydrogen-bond acceptors (Lipinski definition) is 2. The first-order chi connectivity index (χ1) is 8.83. The number of quaternary nitrogens is 2. The third kappa shape index (κ3) is 4.31. The third-order valence-electron chi connectivity index (χ3n) is 3.56. The Kier molecular flexibility index (Phi) is 5.05. The summed E-state index contributed by atoms with van der Waals surface area (Å²) in [4.78, 5) is 12.1. The molecular weight excluding hydrogens is 240 g/mol. The highest BCUT2D eigenvalue weighted by Crippen LogP contribution is 2.17. The van der Waals surface area contributed by atoms with E-state index in [0.29, 0.717) is 11.1 Å². The van der Waals surface area contributed by atoms with Gasteiger partial charge in [0.15, 0.2) is 12.2 Å². The van der Waals surface area contributed by atoms with Gasteiger partial charge in [-0.3, -0.25) is 4.79 Å². The van der Waals surface area contributed by atoms with Gasteiger partial charge >= 0.3 is 5.91 Å². The lowest BCUT2D eigenvalue weighted by molar-refractivity contribution is -0.912. The summed E-state index contributed by atoms with van der Waals surface area (Å²) in [5, 5.41) is 0. The molecule has 3 N–H and O–H groups in total. The Balaban J connectivity index is 2.80. The standard InChI is InChI=1S/C14H25N4O/c1-5-17(3,15)12-14(19)16-18(4,6-2)13-10-8-7-9-11-13/h7-11H,5-6,12,15H2,1-4H3/q+1/p+1/t17-,18-/m0/s1. The Morgan fingerprint density at radius 2 is 1.74 bits per heavy atom. The Hall–Kier alpha value is -1.43. The van der Waals surface area contributed by atoms with Crippen molar-refractivity contribution < 1.29 is 9.39 Å². The number of carbonyl (C=O) groups excluding carboxylic acids is 1. The molecule has 0 saturated carbocycles. The lowest BCUT2D eigenvalue weighted by Gasteiger charge is -2.33. The molecule has 0 bridgehead atoms. The number of benzene rings is 1. The molecule has 1 aromatic carbocycles. The van der Waals surface area contributed by atoms with Gasteiger partial charge in [-0.15, -0.1) is 0 Å². The number of rotatable bonds is 6. The van der Waals surface area contributed by atoms with E-state index in [-0.39, 0.29) is 17.0 Å². The second kappa shape index (κ2) is 6.14. The molecule has 5 heteroatoms. The number of para-hydroxylation sites is 1. The smallest absolute Gasteiger partial charge is 0.263 e. The summed E-state index contributed by atoms with van der Waals surface area (Å²) >= 11 is 0. The molecule has 106 valence electrons. The van der Waals surface area contributed by atoms with E-state index in [1.807, 2.05) is 58.3 Å². The summed E-state index contributed by atoms with van der Waals surface area (Å²) in [7, 11) is 3.83. The first-order valence-corrected chi connectivity index (χ1v) is 6.68. The number of carbonyl (C=O) groups is 1. The zero-order valence-corrected chi connectivity index (χ0v) is 12.4. The molecule has 0 unspecified atom stereocenters. The molecule has 0 aliphatic rings. The largest absolute Gasteiger partial charge is 0.322 e. The van der Waals surface area contributed by atoms with E-state index in [2.05, 4.69) is 5.43 Å². The van der Waals surface area contributed by atoms with Crippen molar-refractivity contribution in [1.29, 1.82) is 0 Å². The average Bonchev–Trinajstić information content (AvgIpc) is 2.39. The van der Waals surface area contributed by atoms with Gasteiger partial charge in [0.25, 0.3) is 0 Å². The lowest BCUT2D eigenvalue weighted by atomic mass is 10.3. The third-order valence-corrected chi connectivity index (χ3v) is 3.56. The lowest BCUT2D eigenvalue weighted by Crippen LogP contribution is -2.63. The zero-order chi connectivity index (χ0) is 14.5. The molecule has 1 amide bonds. The predicted molar refractivity (Wildman–Crippen MR) is 78.6 cm³/mol. The van der Waals surface area contributed by atoms with Gasteiger partial charge in [-0.1, -0.05) is 18.2 Å². The van der Waals surface area contributed by atoms with Crippen molar-refractivity contribution in [2.24, 2.45) is 5.84 Å². The minimum absolute atomic E-state index is 0.0416. The summed E-state index contributed by atoms with van der Waals surface area (Å²) in [5.74, 6) is 5.94. The van der Waals surface area contributed by atoms with Crippen LogP contribution in [-0.4, -0.2) is 44.2 Å². The van der Waals surface area contributed by atoms with Crippen LogP contribution >= 0.6 is 0 Å². The Morgan fingerprint density at radius 1 is 1.16 bits per heavy atom. The van der Waals surface area contributed by atoms with Crippen molar-refractivity contribution in [3.63, 3.8) is 0 Å². The van der Waals surface area contributed by atoms with Crippen molar-refractivity contribution >= 4 is 11.6 Å². The molecule has 0 aliphatic carbocycles. The quantitative estimate of drug-likeness (QED) is 0.459. The fourth-order valence-corrected chi connectivity index (χ4v) is 1.83. The maximum atomic E-state index is 12.1. The first-order valence-electron chi connectivity index (χ1n) is 6.68. The van der Waals surface area contributed by atoms with E-state index in [1.54, 1.807) is 0 Å². The number of likely N-dealkylation sites (N-methyl/N-ethyl adjacent to an activating group) is 1. The van der Waals surface area contributed by atoms with Crippen LogP contribution in [0.2, 0.25) is 0 Å². The van der Waals surface area contributed by atoms with Crippen LogP contribution in [0.1, 0.15) is 13.8 Å². The van der Waals surface area contributed by atoms with Gasteiger partial charge in [-0.2, -0.15) is 15.9 Å². The normalized spacial score (nSPS) is 17.3. The maximum Gasteiger partial charge on any atom is 0.322 e. The SMILES string of the molecule is CC[N@+](C)(N)CC(=O)N[N@@+](C)(CC)c1ccccc1. The summed E-state index contributed by atoms with van der Waals surface area (Å²) in [6.07, 6.45) is 0. The van der Waals surface area contributed by atoms with Crippen molar-refractivity contribution in [2.45, 2.75) is 13.8 Å². The maximum absolute atomic E-state index is 12.1. The van der Waals surface area contributed by atoms with E-state index >= 15 is 0 Å². The number of nitrogens with zero attached hydrogens (tertiary/aromatic N) is 2. The van der Waals surface area contributed by atoms with Gasteiger partial charge in [-0.25, -0.2) is 4.59 Å². The fourth-order valence-electron chi connectivity index (χ4n) is 1.83. The van der Waals surface area contributed by atoms with E-state index in [0.717, 1.165) is 12.2 Å².